The maximum Gasteiger partial charge on any atom is 0.338 e. The SMILES string of the molecule is CCOC(=O)c1ccc(NS(=O)(=O)c2nnc(NC(=O)c3ccccc3C)s2)c(C)c1. The summed E-state index contributed by atoms with van der Waals surface area (Å²) in [5.74, 6) is -0.894. The van der Waals surface area contributed by atoms with Gasteiger partial charge in [-0.15, -0.1) is 10.2 Å². The molecule has 0 saturated carbocycles. The van der Waals surface area contributed by atoms with Crippen molar-refractivity contribution in [2.45, 2.75) is 25.1 Å². The lowest BCUT2D eigenvalue weighted by Crippen LogP contribution is -2.14. The molecule has 0 aliphatic carbocycles. The molecule has 9 nitrogen and oxygen atoms in total. The number of aryl methyl sites for hydroxylation is 2. The van der Waals surface area contributed by atoms with Crippen LogP contribution in [0.3, 0.4) is 0 Å². The lowest BCUT2D eigenvalue weighted by atomic mass is 10.1. The summed E-state index contributed by atoms with van der Waals surface area (Å²) >= 11 is 0.730. The molecule has 31 heavy (non-hydrogen) atoms. The van der Waals surface area contributed by atoms with E-state index in [9.17, 15) is 18.0 Å². The highest BCUT2D eigenvalue weighted by Crippen LogP contribution is 2.25. The van der Waals surface area contributed by atoms with Gasteiger partial charge in [0.1, 0.15) is 0 Å². The number of aromatic nitrogens is 2. The summed E-state index contributed by atoms with van der Waals surface area (Å²) in [6.07, 6.45) is 0. The normalized spacial score (nSPS) is 11.1. The molecule has 0 unspecified atom stereocenters. The zero-order chi connectivity index (χ0) is 22.6. The van der Waals surface area contributed by atoms with Crippen LogP contribution in [-0.4, -0.2) is 37.1 Å². The molecule has 3 aromatic rings. The van der Waals surface area contributed by atoms with Gasteiger partial charge >= 0.3 is 5.97 Å². The third kappa shape index (κ3) is 5.25. The van der Waals surface area contributed by atoms with Crippen LogP contribution in [-0.2, 0) is 14.8 Å². The van der Waals surface area contributed by atoms with Crippen LogP contribution >= 0.6 is 11.3 Å². The van der Waals surface area contributed by atoms with E-state index in [2.05, 4.69) is 20.2 Å². The minimum Gasteiger partial charge on any atom is -0.462 e. The van der Waals surface area contributed by atoms with Crippen molar-refractivity contribution in [1.82, 2.24) is 10.2 Å². The van der Waals surface area contributed by atoms with E-state index in [1.54, 1.807) is 39.0 Å². The quantitative estimate of drug-likeness (QED) is 0.409. The van der Waals surface area contributed by atoms with Crippen LogP contribution in [0.2, 0.25) is 0 Å². The van der Waals surface area contributed by atoms with Crippen molar-refractivity contribution in [3.8, 4) is 0 Å². The number of benzene rings is 2. The van der Waals surface area contributed by atoms with Gasteiger partial charge in [0, 0.05) is 5.56 Å². The van der Waals surface area contributed by atoms with Crippen molar-refractivity contribution >= 4 is 44.1 Å². The van der Waals surface area contributed by atoms with E-state index in [-0.39, 0.29) is 21.8 Å². The van der Waals surface area contributed by atoms with Gasteiger partial charge in [0.2, 0.25) is 5.13 Å². The third-order valence-corrected chi connectivity index (χ3v) is 6.80. The van der Waals surface area contributed by atoms with Gasteiger partial charge in [-0.05, 0) is 56.2 Å². The van der Waals surface area contributed by atoms with Crippen LogP contribution in [0.25, 0.3) is 0 Å². The second kappa shape index (κ2) is 9.23. The summed E-state index contributed by atoms with van der Waals surface area (Å²) in [5.41, 5.74) is 2.37. The molecule has 3 rings (SSSR count). The van der Waals surface area contributed by atoms with Crippen LogP contribution in [0.1, 0.15) is 38.8 Å². The minimum atomic E-state index is -4.04. The Balaban J connectivity index is 1.75. The predicted octanol–water partition coefficient (Wildman–Crippen LogP) is 3.38. The Morgan fingerprint density at radius 2 is 1.81 bits per heavy atom. The van der Waals surface area contributed by atoms with E-state index in [1.807, 2.05) is 6.07 Å². The fourth-order valence-corrected chi connectivity index (χ4v) is 4.70. The van der Waals surface area contributed by atoms with Crippen molar-refractivity contribution in [2.75, 3.05) is 16.6 Å². The molecule has 0 aliphatic rings. The first-order valence-electron chi connectivity index (χ1n) is 9.22. The molecule has 162 valence electrons. The van der Waals surface area contributed by atoms with Crippen molar-refractivity contribution in [3.63, 3.8) is 0 Å². The molecule has 11 heteroatoms. The zero-order valence-electron chi connectivity index (χ0n) is 17.0. The Morgan fingerprint density at radius 1 is 1.06 bits per heavy atom. The fraction of sp³-hybridized carbons (Fsp3) is 0.200. The number of hydrogen-bond acceptors (Lipinski definition) is 8. The van der Waals surface area contributed by atoms with Gasteiger partial charge < -0.3 is 4.74 Å². The van der Waals surface area contributed by atoms with Crippen molar-refractivity contribution in [2.24, 2.45) is 0 Å². The molecule has 0 aliphatic heterocycles. The summed E-state index contributed by atoms with van der Waals surface area (Å²) in [7, 11) is -4.04. The van der Waals surface area contributed by atoms with Gasteiger partial charge in [-0.2, -0.15) is 8.42 Å². The highest BCUT2D eigenvalue weighted by Gasteiger charge is 2.22. The average Bonchev–Trinajstić information content (AvgIpc) is 3.19. The monoisotopic (exact) mass is 460 g/mol. The van der Waals surface area contributed by atoms with Crippen molar-refractivity contribution in [1.29, 1.82) is 0 Å². The molecule has 0 fully saturated rings. The number of nitrogens with one attached hydrogen (secondary N) is 2. The van der Waals surface area contributed by atoms with E-state index in [4.69, 9.17) is 4.74 Å². The number of carbonyl (C=O) groups is 2. The van der Waals surface area contributed by atoms with E-state index < -0.39 is 21.9 Å². The molecule has 2 N–H and O–H groups in total. The Morgan fingerprint density at radius 3 is 2.48 bits per heavy atom. The summed E-state index contributed by atoms with van der Waals surface area (Å²) in [6.45, 7) is 5.40. The standard InChI is InChI=1S/C20H20N4O5S2/c1-4-29-18(26)14-9-10-16(13(3)11-14)24-31(27,28)20-23-22-19(30-20)21-17(25)15-8-6-5-7-12(15)2/h5-11,24H,4H2,1-3H3,(H,21,22,25). The molecule has 0 saturated heterocycles. The Labute approximate surface area is 183 Å². The van der Waals surface area contributed by atoms with Gasteiger partial charge in [-0.1, -0.05) is 29.5 Å². The van der Waals surface area contributed by atoms with Crippen LogP contribution in [0.5, 0.6) is 0 Å². The number of rotatable bonds is 7. The number of ether oxygens (including phenoxy) is 1. The second-order valence-corrected chi connectivity index (χ2v) is 9.33. The molecule has 2 aromatic carbocycles. The van der Waals surface area contributed by atoms with Gasteiger partial charge in [-0.3, -0.25) is 14.8 Å². The van der Waals surface area contributed by atoms with Crippen molar-refractivity contribution in [3.05, 3.63) is 64.7 Å². The second-order valence-electron chi connectivity index (χ2n) is 6.50. The molecular weight excluding hydrogens is 440 g/mol. The number of sulfonamides is 1. The minimum absolute atomic E-state index is 0.0583. The van der Waals surface area contributed by atoms with Gasteiger partial charge in [0.05, 0.1) is 17.9 Å². The van der Waals surface area contributed by atoms with Crippen LogP contribution in [0.4, 0.5) is 10.8 Å². The lowest BCUT2D eigenvalue weighted by Gasteiger charge is -2.10. The molecule has 0 spiro atoms. The molecule has 0 radical (unpaired) electrons. The third-order valence-electron chi connectivity index (χ3n) is 4.23. The lowest BCUT2D eigenvalue weighted by molar-refractivity contribution is 0.0526. The van der Waals surface area contributed by atoms with Gasteiger partial charge in [0.15, 0.2) is 0 Å². The molecule has 0 bridgehead atoms. The number of amides is 1. The van der Waals surface area contributed by atoms with E-state index in [0.717, 1.165) is 16.9 Å². The number of carbonyl (C=O) groups excluding carboxylic acids is 2. The highest BCUT2D eigenvalue weighted by molar-refractivity contribution is 7.94. The predicted molar refractivity (Wildman–Crippen MR) is 117 cm³/mol. The largest absolute Gasteiger partial charge is 0.462 e. The van der Waals surface area contributed by atoms with Gasteiger partial charge in [0.25, 0.3) is 20.3 Å². The summed E-state index contributed by atoms with van der Waals surface area (Å²) < 4.78 is 32.4. The maximum absolute atomic E-state index is 12.7. The van der Waals surface area contributed by atoms with E-state index >= 15 is 0 Å². The first-order valence-corrected chi connectivity index (χ1v) is 11.5. The van der Waals surface area contributed by atoms with Crippen LogP contribution in [0.15, 0.2) is 46.8 Å². The van der Waals surface area contributed by atoms with E-state index in [1.165, 1.54) is 18.2 Å². The first-order chi connectivity index (χ1) is 14.7. The summed E-state index contributed by atoms with van der Waals surface area (Å²) in [4.78, 5) is 24.2. The Kier molecular flexibility index (Phi) is 6.66. The smallest absolute Gasteiger partial charge is 0.338 e. The fourth-order valence-electron chi connectivity index (χ4n) is 2.67. The number of hydrogen-bond donors (Lipinski definition) is 2. The topological polar surface area (TPSA) is 127 Å². The number of esters is 1. The maximum atomic E-state index is 12.7. The van der Waals surface area contributed by atoms with Crippen molar-refractivity contribution < 1.29 is 22.7 Å². The average molecular weight is 461 g/mol. The summed E-state index contributed by atoms with van der Waals surface area (Å²) in [6, 6.07) is 11.5. The summed E-state index contributed by atoms with van der Waals surface area (Å²) in [5, 5.41) is 10.1. The number of anilines is 2. The zero-order valence-corrected chi connectivity index (χ0v) is 18.6. The Hall–Kier alpha value is -3.31. The Bertz CT molecular complexity index is 1240. The van der Waals surface area contributed by atoms with Crippen LogP contribution < -0.4 is 10.0 Å². The first kappa shape index (κ1) is 22.4. The molecular formula is C20H20N4O5S2. The molecule has 1 heterocycles. The van der Waals surface area contributed by atoms with Gasteiger partial charge in [-0.25, -0.2) is 4.79 Å². The van der Waals surface area contributed by atoms with E-state index in [0.29, 0.717) is 16.7 Å². The molecule has 1 aromatic heterocycles. The molecule has 1 amide bonds. The van der Waals surface area contributed by atoms with Crippen LogP contribution in [0, 0.1) is 13.8 Å². The number of nitrogens with zero attached hydrogens (tertiary/aromatic N) is 2. The molecule has 0 atom stereocenters. The highest BCUT2D eigenvalue weighted by atomic mass is 32.2.